The Hall–Kier alpha value is -0.0800. The van der Waals surface area contributed by atoms with Gasteiger partial charge >= 0.3 is 0 Å². The fourth-order valence-electron chi connectivity index (χ4n) is 2.91. The van der Waals surface area contributed by atoms with Crippen molar-refractivity contribution in [3.05, 3.63) is 0 Å². The quantitative estimate of drug-likeness (QED) is 0.498. The van der Waals surface area contributed by atoms with Gasteiger partial charge in [-0.2, -0.15) is 0 Å². The van der Waals surface area contributed by atoms with E-state index in [1.807, 2.05) is 0 Å². The van der Waals surface area contributed by atoms with Crippen LogP contribution in [0, 0.1) is 5.41 Å². The van der Waals surface area contributed by atoms with Gasteiger partial charge < -0.3 is 8.97 Å². The molecule has 0 aliphatic rings. The molecule has 0 amide bonds. The van der Waals surface area contributed by atoms with Gasteiger partial charge in [-0.15, -0.1) is 0 Å². The molecule has 1 atom stereocenters. The summed E-state index contributed by atoms with van der Waals surface area (Å²) >= 11 is 0. The molecule has 1 unspecified atom stereocenters. The summed E-state index contributed by atoms with van der Waals surface area (Å²) in [5, 5.41) is 0. The van der Waals surface area contributed by atoms with Crippen LogP contribution in [0.3, 0.4) is 0 Å². The van der Waals surface area contributed by atoms with Gasteiger partial charge in [0.05, 0.1) is 54.9 Å². The fourth-order valence-corrected chi connectivity index (χ4v) is 2.91. The van der Waals surface area contributed by atoms with Gasteiger partial charge in [0.1, 0.15) is 0 Å². The van der Waals surface area contributed by atoms with Crippen LogP contribution < -0.4 is 0 Å². The van der Waals surface area contributed by atoms with Crippen molar-refractivity contribution in [1.29, 1.82) is 0 Å². The first-order valence-corrected chi connectivity index (χ1v) is 6.95. The van der Waals surface area contributed by atoms with Crippen molar-refractivity contribution in [2.24, 2.45) is 5.41 Å². The predicted octanol–water partition coefficient (Wildman–Crippen LogP) is 2.98. The molecule has 0 aromatic rings. The highest BCUT2D eigenvalue weighted by Crippen LogP contribution is 2.30. The molecule has 0 aromatic carbocycles. The molecule has 0 saturated heterocycles. The Bertz CT molecular complexity index is 199. The van der Waals surface area contributed by atoms with Crippen LogP contribution in [-0.4, -0.2) is 63.8 Å². The number of nitrogens with zero attached hydrogens (tertiary/aromatic N) is 2. The molecular formula is C15H36N2+2. The highest BCUT2D eigenvalue weighted by molar-refractivity contribution is 4.74. The Morgan fingerprint density at radius 3 is 1.59 bits per heavy atom. The second kappa shape index (κ2) is 5.71. The molecule has 17 heavy (non-hydrogen) atoms. The highest BCUT2D eigenvalue weighted by Gasteiger charge is 2.34. The van der Waals surface area contributed by atoms with Crippen molar-refractivity contribution in [3.8, 4) is 0 Å². The normalized spacial score (nSPS) is 16.1. The molecule has 0 bridgehead atoms. The third kappa shape index (κ3) is 7.77. The lowest BCUT2D eigenvalue weighted by Gasteiger charge is -2.42. The number of hydrogen-bond acceptors (Lipinski definition) is 0. The van der Waals surface area contributed by atoms with Crippen molar-refractivity contribution in [3.63, 3.8) is 0 Å². The lowest BCUT2D eigenvalue weighted by Crippen LogP contribution is -2.52. The van der Waals surface area contributed by atoms with E-state index in [4.69, 9.17) is 0 Å². The van der Waals surface area contributed by atoms with E-state index < -0.39 is 0 Å². The van der Waals surface area contributed by atoms with Gasteiger partial charge in [0.25, 0.3) is 0 Å². The molecule has 0 radical (unpaired) electrons. The van der Waals surface area contributed by atoms with Crippen LogP contribution in [0.5, 0.6) is 0 Å². The van der Waals surface area contributed by atoms with Crippen molar-refractivity contribution >= 4 is 0 Å². The molecule has 0 N–H and O–H groups in total. The van der Waals surface area contributed by atoms with Crippen LogP contribution in [0.2, 0.25) is 0 Å². The molecule has 0 aliphatic carbocycles. The third-order valence-corrected chi connectivity index (χ3v) is 3.49. The maximum atomic E-state index is 2.38. The van der Waals surface area contributed by atoms with E-state index in [0.29, 0.717) is 5.41 Å². The first kappa shape index (κ1) is 16.9. The third-order valence-electron chi connectivity index (χ3n) is 3.49. The molecule has 0 rings (SSSR count). The summed E-state index contributed by atoms with van der Waals surface area (Å²) in [6.45, 7) is 8.41. The van der Waals surface area contributed by atoms with E-state index in [1.54, 1.807) is 0 Å². The summed E-state index contributed by atoms with van der Waals surface area (Å²) in [5.74, 6) is 0. The second-order valence-corrected chi connectivity index (χ2v) is 8.51. The minimum Gasteiger partial charge on any atom is -0.331 e. The molecule has 104 valence electrons. The maximum absolute atomic E-state index is 2.38. The Balaban J connectivity index is 4.22. The average Bonchev–Trinajstić information content (AvgIpc) is 1.95. The lowest BCUT2D eigenvalue weighted by atomic mass is 9.82. The number of quaternary nitrogens is 2. The molecule has 0 aliphatic heterocycles. The minimum absolute atomic E-state index is 0.398. The summed E-state index contributed by atoms with van der Waals surface area (Å²) in [5.41, 5.74) is 0.398. The van der Waals surface area contributed by atoms with Gasteiger partial charge in [-0.3, -0.25) is 0 Å². The summed E-state index contributed by atoms with van der Waals surface area (Å²) < 4.78 is 2.17. The highest BCUT2D eigenvalue weighted by atomic mass is 15.3. The predicted molar refractivity (Wildman–Crippen MR) is 78.0 cm³/mol. The van der Waals surface area contributed by atoms with Gasteiger partial charge in [0, 0.05) is 11.8 Å². The van der Waals surface area contributed by atoms with Gasteiger partial charge in [-0.1, -0.05) is 20.8 Å². The SMILES string of the molecule is CC(C)(C)C(CCCC[N+](C)(C)C)[N+](C)(C)C. The molecular weight excluding hydrogens is 208 g/mol. The van der Waals surface area contributed by atoms with Crippen LogP contribution in [-0.2, 0) is 0 Å². The van der Waals surface area contributed by atoms with Crippen LogP contribution in [0.4, 0.5) is 0 Å². The van der Waals surface area contributed by atoms with E-state index in [-0.39, 0.29) is 0 Å². The number of rotatable bonds is 6. The van der Waals surface area contributed by atoms with Crippen LogP contribution >= 0.6 is 0 Å². The average molecular weight is 244 g/mol. The smallest absolute Gasteiger partial charge is 0.0932 e. The first-order valence-electron chi connectivity index (χ1n) is 6.95. The Morgan fingerprint density at radius 1 is 0.824 bits per heavy atom. The summed E-state index contributed by atoms with van der Waals surface area (Å²) in [6.07, 6.45) is 4.04. The maximum Gasteiger partial charge on any atom is 0.0932 e. The van der Waals surface area contributed by atoms with Gasteiger partial charge in [0.15, 0.2) is 0 Å². The Labute approximate surface area is 110 Å². The van der Waals surface area contributed by atoms with E-state index in [0.717, 1.165) is 15.0 Å². The monoisotopic (exact) mass is 244 g/mol. The topological polar surface area (TPSA) is 0 Å². The Morgan fingerprint density at radius 2 is 1.29 bits per heavy atom. The zero-order chi connectivity index (χ0) is 13.9. The summed E-state index contributed by atoms with van der Waals surface area (Å²) in [4.78, 5) is 0. The fraction of sp³-hybridized carbons (Fsp3) is 1.00. The number of hydrogen-bond donors (Lipinski definition) is 0. The van der Waals surface area contributed by atoms with E-state index in [1.165, 1.54) is 25.8 Å². The van der Waals surface area contributed by atoms with Crippen LogP contribution in [0.15, 0.2) is 0 Å². The molecule has 0 spiro atoms. The molecule has 0 saturated carbocycles. The molecule has 2 heteroatoms. The molecule has 0 heterocycles. The summed E-state index contributed by atoms with van der Waals surface area (Å²) in [7, 11) is 13.8. The van der Waals surface area contributed by atoms with E-state index >= 15 is 0 Å². The van der Waals surface area contributed by atoms with E-state index in [2.05, 4.69) is 63.1 Å². The molecule has 2 nitrogen and oxygen atoms in total. The zero-order valence-electron chi connectivity index (χ0n) is 13.8. The van der Waals surface area contributed by atoms with Crippen molar-refractivity contribution in [1.82, 2.24) is 0 Å². The van der Waals surface area contributed by atoms with Crippen molar-refractivity contribution < 1.29 is 8.97 Å². The standard InChI is InChI=1S/C15H36N2/c1-15(2,3)14(17(7,8)9)12-10-11-13-16(4,5)6/h14H,10-13H2,1-9H3/q+2. The first-order chi connectivity index (χ1) is 7.34. The van der Waals surface area contributed by atoms with Gasteiger partial charge in [0.2, 0.25) is 0 Å². The van der Waals surface area contributed by atoms with Gasteiger partial charge in [-0.05, 0) is 12.8 Å². The van der Waals surface area contributed by atoms with Crippen molar-refractivity contribution in [2.75, 3.05) is 48.8 Å². The zero-order valence-corrected chi connectivity index (χ0v) is 13.8. The lowest BCUT2D eigenvalue weighted by molar-refractivity contribution is -0.904. The Kier molecular flexibility index (Phi) is 5.68. The largest absolute Gasteiger partial charge is 0.331 e. The number of unbranched alkanes of at least 4 members (excludes halogenated alkanes) is 1. The van der Waals surface area contributed by atoms with Crippen molar-refractivity contribution in [2.45, 2.75) is 46.1 Å². The molecule has 0 fully saturated rings. The second-order valence-electron chi connectivity index (χ2n) is 8.51. The van der Waals surface area contributed by atoms with Crippen LogP contribution in [0.25, 0.3) is 0 Å². The summed E-state index contributed by atoms with van der Waals surface area (Å²) in [6, 6.07) is 0.745. The van der Waals surface area contributed by atoms with E-state index in [9.17, 15) is 0 Å². The molecule has 0 aromatic heterocycles. The minimum atomic E-state index is 0.398. The van der Waals surface area contributed by atoms with Crippen LogP contribution in [0.1, 0.15) is 40.0 Å². The van der Waals surface area contributed by atoms with Gasteiger partial charge in [-0.25, -0.2) is 0 Å².